The molecule has 166 valence electrons. The smallest absolute Gasteiger partial charge is 0.381 e. The third kappa shape index (κ3) is 4.71. The third-order valence-corrected chi connectivity index (χ3v) is 5.43. The van der Waals surface area contributed by atoms with E-state index in [9.17, 15) is 22.8 Å². The minimum atomic E-state index is -4.58. The van der Waals surface area contributed by atoms with Gasteiger partial charge < -0.3 is 10.6 Å². The van der Waals surface area contributed by atoms with Gasteiger partial charge in [-0.2, -0.15) is 13.2 Å². The van der Waals surface area contributed by atoms with Gasteiger partial charge in [-0.05, 0) is 44.0 Å². The van der Waals surface area contributed by atoms with Gasteiger partial charge in [0.25, 0.3) is 5.91 Å². The van der Waals surface area contributed by atoms with Gasteiger partial charge >= 0.3 is 6.18 Å². The summed E-state index contributed by atoms with van der Waals surface area (Å²) in [4.78, 5) is 32.9. The highest BCUT2D eigenvalue weighted by atomic mass is 19.4. The van der Waals surface area contributed by atoms with E-state index in [4.69, 9.17) is 0 Å². The molecule has 1 aliphatic rings. The Hall–Kier alpha value is -3.49. The summed E-state index contributed by atoms with van der Waals surface area (Å²) in [6, 6.07) is 11.6. The number of halogens is 3. The second-order valence-corrected chi connectivity index (χ2v) is 7.85. The summed E-state index contributed by atoms with van der Waals surface area (Å²) in [6.45, 7) is 1.77. The number of nitrogens with zero attached hydrogens (tertiary/aromatic N) is 2. The first-order chi connectivity index (χ1) is 15.2. The minimum Gasteiger partial charge on any atom is -0.381 e. The fourth-order valence-corrected chi connectivity index (χ4v) is 3.85. The number of benzene rings is 1. The van der Waals surface area contributed by atoms with Crippen molar-refractivity contribution in [3.05, 3.63) is 65.6 Å². The van der Waals surface area contributed by atoms with Crippen LogP contribution in [0.1, 0.15) is 41.1 Å². The molecule has 1 amide bonds. The van der Waals surface area contributed by atoms with Crippen molar-refractivity contribution in [3.8, 4) is 0 Å². The Morgan fingerprint density at radius 2 is 1.84 bits per heavy atom. The highest BCUT2D eigenvalue weighted by Crippen LogP contribution is 2.34. The van der Waals surface area contributed by atoms with E-state index in [2.05, 4.69) is 20.6 Å². The quantitative estimate of drug-likeness (QED) is 0.630. The van der Waals surface area contributed by atoms with Crippen LogP contribution < -0.4 is 10.6 Å². The fraction of sp³-hybridized carbons (Fsp3) is 0.304. The van der Waals surface area contributed by atoms with E-state index in [0.717, 1.165) is 6.07 Å². The summed E-state index contributed by atoms with van der Waals surface area (Å²) < 4.78 is 39.9. The Balaban J connectivity index is 1.47. The number of carbonyl (C=O) groups is 2. The van der Waals surface area contributed by atoms with Gasteiger partial charge in [0, 0.05) is 29.2 Å². The molecule has 2 N–H and O–H groups in total. The summed E-state index contributed by atoms with van der Waals surface area (Å²) in [5.41, 5.74) is 0.451. The molecule has 2 atom stereocenters. The molecule has 3 aromatic rings. The molecule has 1 saturated carbocycles. The molecule has 1 aliphatic carbocycles. The number of nitrogens with one attached hydrogen (secondary N) is 2. The van der Waals surface area contributed by atoms with Gasteiger partial charge in [0.15, 0.2) is 5.78 Å². The molecule has 1 fully saturated rings. The number of alkyl halides is 3. The number of amides is 1. The molecular formula is C23H21F3N4O2. The third-order valence-electron chi connectivity index (χ3n) is 5.43. The topological polar surface area (TPSA) is 84.0 Å². The molecule has 0 spiro atoms. The summed E-state index contributed by atoms with van der Waals surface area (Å²) in [7, 11) is 0. The van der Waals surface area contributed by atoms with Gasteiger partial charge in [-0.25, -0.2) is 9.97 Å². The summed E-state index contributed by atoms with van der Waals surface area (Å²) >= 11 is 0. The monoisotopic (exact) mass is 442 g/mol. The van der Waals surface area contributed by atoms with Crippen LogP contribution in [0, 0.1) is 6.92 Å². The Morgan fingerprint density at radius 1 is 1.06 bits per heavy atom. The summed E-state index contributed by atoms with van der Waals surface area (Å²) in [6.07, 6.45) is -3.61. The van der Waals surface area contributed by atoms with E-state index < -0.39 is 23.8 Å². The zero-order valence-corrected chi connectivity index (χ0v) is 17.2. The van der Waals surface area contributed by atoms with Crippen molar-refractivity contribution in [1.82, 2.24) is 15.3 Å². The number of aryl methyl sites for hydroxylation is 1. The van der Waals surface area contributed by atoms with E-state index in [1.165, 1.54) is 6.07 Å². The van der Waals surface area contributed by atoms with Crippen molar-refractivity contribution >= 4 is 28.3 Å². The lowest BCUT2D eigenvalue weighted by Crippen LogP contribution is -2.46. The number of anilines is 1. The SMILES string of the molecule is Cc1cccc(C(=O)N[C@H]2CC[C@@H](Nc3cc(C(F)(F)F)nc4ccccc34)CC2=O)n1. The number of ketones is 1. The van der Waals surface area contributed by atoms with E-state index in [1.54, 1.807) is 43.3 Å². The van der Waals surface area contributed by atoms with E-state index >= 15 is 0 Å². The van der Waals surface area contributed by atoms with E-state index in [1.807, 2.05) is 0 Å². The van der Waals surface area contributed by atoms with Crippen LogP contribution in [-0.4, -0.2) is 33.7 Å². The lowest BCUT2D eigenvalue weighted by molar-refractivity contribution is -0.140. The van der Waals surface area contributed by atoms with Crippen LogP contribution in [0.2, 0.25) is 0 Å². The number of pyridine rings is 2. The van der Waals surface area contributed by atoms with Crippen LogP contribution in [0.4, 0.5) is 18.9 Å². The maximum absolute atomic E-state index is 13.3. The first-order valence-electron chi connectivity index (χ1n) is 10.2. The van der Waals surface area contributed by atoms with Crippen molar-refractivity contribution in [2.24, 2.45) is 0 Å². The lowest BCUT2D eigenvalue weighted by atomic mass is 9.89. The van der Waals surface area contributed by atoms with Crippen LogP contribution in [0.5, 0.6) is 0 Å². The Bertz CT molecular complexity index is 1180. The molecule has 0 bridgehead atoms. The Labute approximate surface area is 182 Å². The predicted molar refractivity (Wildman–Crippen MR) is 113 cm³/mol. The van der Waals surface area contributed by atoms with Gasteiger partial charge in [-0.3, -0.25) is 9.59 Å². The molecular weight excluding hydrogens is 421 g/mol. The number of carbonyl (C=O) groups excluding carboxylic acids is 2. The number of Topliss-reactive ketones (excluding diaryl/α,β-unsaturated/α-hetero) is 1. The number of hydrogen-bond donors (Lipinski definition) is 2. The number of fused-ring (bicyclic) bond motifs is 1. The van der Waals surface area contributed by atoms with Gasteiger partial charge in [0.2, 0.25) is 0 Å². The van der Waals surface area contributed by atoms with Gasteiger partial charge in [-0.15, -0.1) is 0 Å². The maximum Gasteiger partial charge on any atom is 0.433 e. The van der Waals surface area contributed by atoms with Crippen LogP contribution in [0.3, 0.4) is 0 Å². The van der Waals surface area contributed by atoms with Gasteiger partial charge in [-0.1, -0.05) is 24.3 Å². The summed E-state index contributed by atoms with van der Waals surface area (Å²) in [5, 5.41) is 6.36. The largest absolute Gasteiger partial charge is 0.433 e. The number of hydrogen-bond acceptors (Lipinski definition) is 5. The summed E-state index contributed by atoms with van der Waals surface area (Å²) in [5.74, 6) is -0.599. The normalized spacial score (nSPS) is 19.1. The average molecular weight is 442 g/mol. The molecule has 0 unspecified atom stereocenters. The van der Waals surface area contributed by atoms with Crippen molar-refractivity contribution in [2.75, 3.05) is 5.32 Å². The zero-order valence-electron chi connectivity index (χ0n) is 17.2. The second kappa shape index (κ2) is 8.57. The average Bonchev–Trinajstić information content (AvgIpc) is 2.75. The standard InChI is InChI=1S/C23H21F3N4O2/c1-13-5-4-8-18(27-13)22(32)30-17-10-9-14(11-20(17)31)28-19-12-21(23(24,25)26)29-16-7-3-2-6-15(16)19/h2-8,12,14,17H,9-11H2,1H3,(H,28,29)(H,30,32)/t14-,17+/m1/s1. The second-order valence-electron chi connectivity index (χ2n) is 7.85. The Morgan fingerprint density at radius 3 is 2.56 bits per heavy atom. The molecule has 2 heterocycles. The predicted octanol–water partition coefficient (Wildman–Crippen LogP) is 4.29. The fourth-order valence-electron chi connectivity index (χ4n) is 3.85. The minimum absolute atomic E-state index is 0.0875. The molecule has 4 rings (SSSR count). The van der Waals surface area contributed by atoms with Crippen molar-refractivity contribution < 1.29 is 22.8 Å². The van der Waals surface area contributed by atoms with Crippen molar-refractivity contribution in [2.45, 2.75) is 44.4 Å². The molecule has 9 heteroatoms. The van der Waals surface area contributed by atoms with Crippen LogP contribution >= 0.6 is 0 Å². The molecule has 6 nitrogen and oxygen atoms in total. The maximum atomic E-state index is 13.3. The highest BCUT2D eigenvalue weighted by Gasteiger charge is 2.34. The Kier molecular flexibility index (Phi) is 5.82. The molecule has 0 radical (unpaired) electrons. The van der Waals surface area contributed by atoms with E-state index in [0.29, 0.717) is 23.9 Å². The van der Waals surface area contributed by atoms with Crippen LogP contribution in [-0.2, 0) is 11.0 Å². The van der Waals surface area contributed by atoms with Crippen molar-refractivity contribution in [1.29, 1.82) is 0 Å². The molecule has 0 saturated heterocycles. The number of aromatic nitrogens is 2. The van der Waals surface area contributed by atoms with Crippen LogP contribution in [0.25, 0.3) is 10.9 Å². The van der Waals surface area contributed by atoms with Crippen LogP contribution in [0.15, 0.2) is 48.5 Å². The van der Waals surface area contributed by atoms with Gasteiger partial charge in [0.05, 0.1) is 11.6 Å². The molecule has 0 aliphatic heterocycles. The number of rotatable bonds is 4. The highest BCUT2D eigenvalue weighted by molar-refractivity contribution is 5.97. The van der Waals surface area contributed by atoms with Crippen molar-refractivity contribution in [3.63, 3.8) is 0 Å². The molecule has 2 aromatic heterocycles. The van der Waals surface area contributed by atoms with Gasteiger partial charge in [0.1, 0.15) is 11.4 Å². The number of para-hydroxylation sites is 1. The van der Waals surface area contributed by atoms with E-state index in [-0.39, 0.29) is 35.1 Å². The molecule has 32 heavy (non-hydrogen) atoms. The molecule has 1 aromatic carbocycles. The first-order valence-corrected chi connectivity index (χ1v) is 10.2. The zero-order chi connectivity index (χ0) is 22.9. The first kappa shape index (κ1) is 21.7. The lowest BCUT2D eigenvalue weighted by Gasteiger charge is -2.29.